The van der Waals surface area contributed by atoms with Crippen LogP contribution in [0.4, 0.5) is 8.78 Å². The maximum Gasteiger partial charge on any atom is 0.387 e. The van der Waals surface area contributed by atoms with Gasteiger partial charge in [0.25, 0.3) is 0 Å². The minimum atomic E-state index is -2.89. The van der Waals surface area contributed by atoms with Gasteiger partial charge in [-0.25, -0.2) is 4.98 Å². The van der Waals surface area contributed by atoms with Crippen LogP contribution in [0.1, 0.15) is 15.4 Å². The average molecular weight is 398 g/mol. The summed E-state index contributed by atoms with van der Waals surface area (Å²) in [6.45, 7) is 0.459. The topological polar surface area (TPSA) is 67.8 Å². The van der Waals surface area contributed by atoms with Crippen LogP contribution in [0.5, 0.6) is 11.5 Å². The number of halogens is 2. The van der Waals surface area contributed by atoms with Gasteiger partial charge in [-0.1, -0.05) is 6.07 Å². The number of hydrogen-bond acceptors (Lipinski definition) is 5. The number of thiazole rings is 1. The first-order valence-corrected chi connectivity index (χ1v) is 9.31. The van der Waals surface area contributed by atoms with E-state index in [-0.39, 0.29) is 11.5 Å². The average Bonchev–Trinajstić information content (AvgIpc) is 3.05. The molecular formula is C18H24F2N4O2S. The first-order valence-electron chi connectivity index (χ1n) is 8.49. The van der Waals surface area contributed by atoms with E-state index in [1.165, 1.54) is 12.0 Å². The summed E-state index contributed by atoms with van der Waals surface area (Å²) in [5.74, 6) is 0.994. The zero-order chi connectivity index (χ0) is 19.6. The molecule has 0 saturated carbocycles. The number of nitrogens with zero attached hydrogens (tertiary/aromatic N) is 2. The lowest BCUT2D eigenvalue weighted by atomic mass is 10.1. The van der Waals surface area contributed by atoms with Crippen LogP contribution in [-0.2, 0) is 12.8 Å². The van der Waals surface area contributed by atoms with E-state index in [9.17, 15) is 8.78 Å². The predicted octanol–water partition coefficient (Wildman–Crippen LogP) is 3.01. The Balaban J connectivity index is 1.79. The van der Waals surface area contributed by atoms with Crippen LogP contribution in [0.15, 0.2) is 29.4 Å². The van der Waals surface area contributed by atoms with Crippen molar-refractivity contribution >= 4 is 17.3 Å². The number of rotatable bonds is 9. The van der Waals surface area contributed by atoms with Gasteiger partial charge in [0.1, 0.15) is 0 Å². The molecule has 0 atom stereocenters. The second kappa shape index (κ2) is 10.7. The monoisotopic (exact) mass is 398 g/mol. The third-order valence-corrected chi connectivity index (χ3v) is 4.65. The van der Waals surface area contributed by atoms with E-state index in [1.807, 2.05) is 19.2 Å². The number of aryl methyl sites for hydroxylation is 1. The molecule has 0 bridgehead atoms. The van der Waals surface area contributed by atoms with Crippen molar-refractivity contribution in [3.63, 3.8) is 0 Å². The van der Waals surface area contributed by atoms with Crippen molar-refractivity contribution in [2.24, 2.45) is 4.99 Å². The smallest absolute Gasteiger partial charge is 0.387 e. The number of aromatic nitrogens is 1. The van der Waals surface area contributed by atoms with Gasteiger partial charge in [0.05, 0.1) is 12.1 Å². The minimum Gasteiger partial charge on any atom is -0.493 e. The molecule has 9 heteroatoms. The van der Waals surface area contributed by atoms with Crippen molar-refractivity contribution in [1.29, 1.82) is 0 Å². The summed E-state index contributed by atoms with van der Waals surface area (Å²) >= 11 is 1.68. The highest BCUT2D eigenvalue weighted by molar-refractivity contribution is 7.11. The first kappa shape index (κ1) is 20.9. The van der Waals surface area contributed by atoms with Crippen LogP contribution in [0, 0.1) is 6.92 Å². The van der Waals surface area contributed by atoms with Gasteiger partial charge in [-0.2, -0.15) is 8.78 Å². The standard InChI is InChI=1S/C18H24F2N4O2S/c1-12-11-24-16(27-12)7-9-23-18(21-2)22-8-6-13-4-5-14(25-3)15(10-13)26-17(19)20/h4-5,10-11,17H,6-9H2,1-3H3,(H2,21,22,23). The molecule has 148 valence electrons. The quantitative estimate of drug-likeness (QED) is 0.502. The summed E-state index contributed by atoms with van der Waals surface area (Å²) in [5, 5.41) is 7.51. The zero-order valence-electron chi connectivity index (χ0n) is 15.6. The van der Waals surface area contributed by atoms with E-state index in [0.29, 0.717) is 18.9 Å². The molecule has 0 saturated heterocycles. The van der Waals surface area contributed by atoms with Gasteiger partial charge in [-0.05, 0) is 31.0 Å². The highest BCUT2D eigenvalue weighted by Crippen LogP contribution is 2.29. The Morgan fingerprint density at radius 2 is 1.96 bits per heavy atom. The lowest BCUT2D eigenvalue weighted by Gasteiger charge is -2.13. The number of hydrogen-bond donors (Lipinski definition) is 2. The van der Waals surface area contributed by atoms with E-state index in [0.717, 1.165) is 23.5 Å². The van der Waals surface area contributed by atoms with Gasteiger partial charge in [0.15, 0.2) is 17.5 Å². The summed E-state index contributed by atoms with van der Waals surface area (Å²) in [6.07, 6.45) is 3.32. The predicted molar refractivity (Wildman–Crippen MR) is 103 cm³/mol. The Morgan fingerprint density at radius 1 is 1.22 bits per heavy atom. The van der Waals surface area contributed by atoms with Gasteiger partial charge in [0, 0.05) is 37.6 Å². The van der Waals surface area contributed by atoms with Crippen molar-refractivity contribution in [3.8, 4) is 11.5 Å². The highest BCUT2D eigenvalue weighted by Gasteiger charge is 2.11. The van der Waals surface area contributed by atoms with Crippen molar-refractivity contribution in [1.82, 2.24) is 15.6 Å². The van der Waals surface area contributed by atoms with Gasteiger partial charge in [-0.3, -0.25) is 4.99 Å². The van der Waals surface area contributed by atoms with E-state index in [1.54, 1.807) is 30.5 Å². The van der Waals surface area contributed by atoms with Crippen molar-refractivity contribution in [3.05, 3.63) is 39.8 Å². The van der Waals surface area contributed by atoms with Crippen LogP contribution in [0.25, 0.3) is 0 Å². The minimum absolute atomic E-state index is 0.0336. The number of methoxy groups -OCH3 is 1. The van der Waals surface area contributed by atoms with Crippen molar-refractivity contribution < 1.29 is 18.3 Å². The van der Waals surface area contributed by atoms with E-state index < -0.39 is 6.61 Å². The van der Waals surface area contributed by atoms with Gasteiger partial charge in [0.2, 0.25) is 0 Å². The Kier molecular flexibility index (Phi) is 8.25. The highest BCUT2D eigenvalue weighted by atomic mass is 32.1. The first-order chi connectivity index (χ1) is 13.0. The molecule has 2 rings (SSSR count). The van der Waals surface area contributed by atoms with Crippen LogP contribution < -0.4 is 20.1 Å². The molecule has 0 fully saturated rings. The molecule has 0 aliphatic rings. The van der Waals surface area contributed by atoms with E-state index in [2.05, 4.69) is 25.3 Å². The lowest BCUT2D eigenvalue weighted by Crippen LogP contribution is -2.39. The second-order valence-electron chi connectivity index (χ2n) is 5.65. The molecule has 1 aromatic carbocycles. The summed E-state index contributed by atoms with van der Waals surface area (Å²) in [4.78, 5) is 9.70. The fourth-order valence-corrected chi connectivity index (χ4v) is 3.20. The third-order valence-electron chi connectivity index (χ3n) is 3.67. The largest absolute Gasteiger partial charge is 0.493 e. The fraction of sp³-hybridized carbons (Fsp3) is 0.444. The molecule has 0 radical (unpaired) electrons. The Hall–Kier alpha value is -2.42. The van der Waals surface area contributed by atoms with Crippen LogP contribution in [0.2, 0.25) is 0 Å². The van der Waals surface area contributed by atoms with Crippen molar-refractivity contribution in [2.75, 3.05) is 27.2 Å². The SMILES string of the molecule is CN=C(NCCc1ccc(OC)c(OC(F)F)c1)NCCc1ncc(C)s1. The molecular weight excluding hydrogens is 374 g/mol. The van der Waals surface area contributed by atoms with E-state index in [4.69, 9.17) is 4.74 Å². The molecule has 1 heterocycles. The summed E-state index contributed by atoms with van der Waals surface area (Å²) < 4.78 is 34.5. The lowest BCUT2D eigenvalue weighted by molar-refractivity contribution is -0.0512. The number of aliphatic imine (C=N–C) groups is 1. The number of nitrogens with one attached hydrogen (secondary N) is 2. The van der Waals surface area contributed by atoms with Crippen LogP contribution in [0.3, 0.4) is 0 Å². The van der Waals surface area contributed by atoms with Gasteiger partial charge < -0.3 is 20.1 Å². The molecule has 0 spiro atoms. The third kappa shape index (κ3) is 7.01. The molecule has 2 N–H and O–H groups in total. The summed E-state index contributed by atoms with van der Waals surface area (Å²) in [5.41, 5.74) is 0.854. The summed E-state index contributed by atoms with van der Waals surface area (Å²) in [7, 11) is 3.11. The molecule has 6 nitrogen and oxygen atoms in total. The second-order valence-corrected chi connectivity index (χ2v) is 6.97. The number of alkyl halides is 2. The number of benzene rings is 1. The molecule has 2 aromatic rings. The fourth-order valence-electron chi connectivity index (χ4n) is 2.42. The molecule has 1 aromatic heterocycles. The molecule has 27 heavy (non-hydrogen) atoms. The summed E-state index contributed by atoms with van der Waals surface area (Å²) in [6, 6.07) is 5.00. The Labute approximate surface area is 161 Å². The van der Waals surface area contributed by atoms with Gasteiger partial charge in [-0.15, -0.1) is 11.3 Å². The Morgan fingerprint density at radius 3 is 2.56 bits per heavy atom. The molecule has 0 aliphatic carbocycles. The van der Waals surface area contributed by atoms with Crippen LogP contribution >= 0.6 is 11.3 Å². The van der Waals surface area contributed by atoms with E-state index >= 15 is 0 Å². The number of guanidine groups is 1. The maximum atomic E-state index is 12.5. The maximum absolute atomic E-state index is 12.5. The normalized spacial score (nSPS) is 11.6. The molecule has 0 unspecified atom stereocenters. The zero-order valence-corrected chi connectivity index (χ0v) is 16.4. The molecule has 0 amide bonds. The van der Waals surface area contributed by atoms with Crippen LogP contribution in [-0.4, -0.2) is 44.8 Å². The van der Waals surface area contributed by atoms with Crippen molar-refractivity contribution in [2.45, 2.75) is 26.4 Å². The Bertz CT molecular complexity index is 753. The van der Waals surface area contributed by atoms with Gasteiger partial charge >= 0.3 is 6.61 Å². The molecule has 0 aliphatic heterocycles. The number of ether oxygens (including phenoxy) is 2.